The van der Waals surface area contributed by atoms with Crippen molar-refractivity contribution < 1.29 is 13.2 Å². The van der Waals surface area contributed by atoms with Crippen molar-refractivity contribution in [1.82, 2.24) is 5.32 Å². The highest BCUT2D eigenvalue weighted by molar-refractivity contribution is 9.10. The molecule has 1 heterocycles. The first-order chi connectivity index (χ1) is 9.41. The van der Waals surface area contributed by atoms with Crippen molar-refractivity contribution in [1.29, 1.82) is 0 Å². The van der Waals surface area contributed by atoms with Crippen LogP contribution in [0.4, 0.5) is 13.2 Å². The third kappa shape index (κ3) is 3.62. The highest BCUT2D eigenvalue weighted by Gasteiger charge is 2.31. The van der Waals surface area contributed by atoms with E-state index >= 15 is 0 Å². The summed E-state index contributed by atoms with van der Waals surface area (Å²) in [6, 6.07) is 7.51. The second-order valence-corrected chi connectivity index (χ2v) is 6.25. The molecule has 1 aromatic heterocycles. The van der Waals surface area contributed by atoms with Gasteiger partial charge in [-0.15, -0.1) is 11.3 Å². The fraction of sp³-hybridized carbons (Fsp3) is 0.286. The molecule has 0 aliphatic carbocycles. The third-order valence-electron chi connectivity index (χ3n) is 3.03. The van der Waals surface area contributed by atoms with Crippen LogP contribution in [0.2, 0.25) is 0 Å². The van der Waals surface area contributed by atoms with Gasteiger partial charge in [0.1, 0.15) is 0 Å². The fourth-order valence-electron chi connectivity index (χ4n) is 1.98. The van der Waals surface area contributed by atoms with E-state index in [1.807, 2.05) is 17.5 Å². The minimum atomic E-state index is -4.32. The molecule has 0 fully saturated rings. The summed E-state index contributed by atoms with van der Waals surface area (Å²) in [5, 5.41) is 5.05. The van der Waals surface area contributed by atoms with Crippen LogP contribution in [0.1, 0.15) is 22.0 Å². The van der Waals surface area contributed by atoms with Crippen LogP contribution in [0, 0.1) is 0 Å². The van der Waals surface area contributed by atoms with Gasteiger partial charge in [0.05, 0.1) is 5.56 Å². The van der Waals surface area contributed by atoms with Crippen LogP contribution in [0.25, 0.3) is 0 Å². The molecule has 0 aliphatic heterocycles. The van der Waals surface area contributed by atoms with E-state index in [1.54, 1.807) is 18.4 Å². The Balaban J connectivity index is 2.33. The van der Waals surface area contributed by atoms with E-state index in [9.17, 15) is 13.2 Å². The molecule has 1 nitrogen and oxygen atoms in total. The molecule has 0 saturated carbocycles. The van der Waals surface area contributed by atoms with Gasteiger partial charge < -0.3 is 5.32 Å². The van der Waals surface area contributed by atoms with Crippen LogP contribution in [0.5, 0.6) is 0 Å². The summed E-state index contributed by atoms with van der Waals surface area (Å²) in [4.78, 5) is 1.13. The van der Waals surface area contributed by atoms with Gasteiger partial charge in [-0.3, -0.25) is 0 Å². The van der Waals surface area contributed by atoms with Gasteiger partial charge in [-0.05, 0) is 42.3 Å². The summed E-state index contributed by atoms with van der Waals surface area (Å²) in [7, 11) is 1.75. The summed E-state index contributed by atoms with van der Waals surface area (Å²) < 4.78 is 39.1. The van der Waals surface area contributed by atoms with E-state index in [-0.39, 0.29) is 6.04 Å². The smallest absolute Gasteiger partial charge is 0.313 e. The fourth-order valence-corrected chi connectivity index (χ4v) is 3.26. The normalized spacial score (nSPS) is 13.4. The van der Waals surface area contributed by atoms with Gasteiger partial charge in [0.25, 0.3) is 0 Å². The molecule has 1 unspecified atom stereocenters. The molecular formula is C14H13BrF3NS. The number of rotatable bonds is 4. The maximum atomic E-state index is 12.8. The van der Waals surface area contributed by atoms with Crippen molar-refractivity contribution in [3.05, 3.63) is 56.2 Å². The molecule has 0 saturated heterocycles. The number of nitrogens with one attached hydrogen (secondary N) is 1. The predicted molar refractivity (Wildman–Crippen MR) is 79.0 cm³/mol. The molecule has 0 spiro atoms. The summed E-state index contributed by atoms with van der Waals surface area (Å²) in [5.41, 5.74) is -0.00199. The molecule has 0 aliphatic rings. The van der Waals surface area contributed by atoms with Gasteiger partial charge in [0.2, 0.25) is 0 Å². The Morgan fingerprint density at radius 3 is 2.60 bits per heavy atom. The molecule has 20 heavy (non-hydrogen) atoms. The Morgan fingerprint density at radius 2 is 2.05 bits per heavy atom. The van der Waals surface area contributed by atoms with Crippen LogP contribution in [-0.2, 0) is 12.6 Å². The summed E-state index contributed by atoms with van der Waals surface area (Å²) in [6.07, 6.45) is -3.66. The molecule has 108 valence electrons. The Labute approximate surface area is 128 Å². The van der Waals surface area contributed by atoms with Gasteiger partial charge in [-0.1, -0.05) is 22.0 Å². The van der Waals surface area contributed by atoms with Gasteiger partial charge in [-0.25, -0.2) is 0 Å². The highest BCUT2D eigenvalue weighted by Crippen LogP contribution is 2.35. The van der Waals surface area contributed by atoms with Crippen LogP contribution in [-0.4, -0.2) is 7.05 Å². The second kappa shape index (κ2) is 6.28. The minimum Gasteiger partial charge on any atom is -0.313 e. The summed E-state index contributed by atoms with van der Waals surface area (Å²) >= 11 is 4.94. The van der Waals surface area contributed by atoms with Crippen LogP contribution in [0.15, 0.2) is 40.2 Å². The van der Waals surface area contributed by atoms with Crippen LogP contribution < -0.4 is 5.32 Å². The Hall–Kier alpha value is -0.850. The highest BCUT2D eigenvalue weighted by atomic mass is 79.9. The zero-order chi connectivity index (χ0) is 14.8. The van der Waals surface area contributed by atoms with Gasteiger partial charge in [0, 0.05) is 21.8 Å². The average molecular weight is 364 g/mol. The summed E-state index contributed by atoms with van der Waals surface area (Å²) in [6.45, 7) is 0. The lowest BCUT2D eigenvalue weighted by atomic mass is 10.0. The maximum Gasteiger partial charge on any atom is 0.416 e. The maximum absolute atomic E-state index is 12.8. The zero-order valence-electron chi connectivity index (χ0n) is 10.7. The van der Waals surface area contributed by atoms with Crippen molar-refractivity contribution in [3.63, 3.8) is 0 Å². The van der Waals surface area contributed by atoms with E-state index in [2.05, 4.69) is 21.2 Å². The van der Waals surface area contributed by atoms with Crippen LogP contribution in [0.3, 0.4) is 0 Å². The van der Waals surface area contributed by atoms with Gasteiger partial charge in [0.15, 0.2) is 0 Å². The topological polar surface area (TPSA) is 12.0 Å². The van der Waals surface area contributed by atoms with E-state index < -0.39 is 11.7 Å². The lowest BCUT2D eigenvalue weighted by molar-refractivity contribution is -0.137. The molecule has 6 heteroatoms. The first kappa shape index (κ1) is 15.5. The largest absolute Gasteiger partial charge is 0.416 e. The molecule has 0 amide bonds. The molecule has 2 rings (SSSR count). The average Bonchev–Trinajstić information content (AvgIpc) is 2.88. The Morgan fingerprint density at radius 1 is 1.30 bits per heavy atom. The SMILES string of the molecule is CNC(Cc1cccs1)c1cc(C(F)(F)F)ccc1Br. The number of likely N-dealkylation sites (N-methyl/N-ethyl adjacent to an activating group) is 1. The first-order valence-electron chi connectivity index (χ1n) is 5.98. The van der Waals surface area contributed by atoms with E-state index in [0.717, 1.165) is 10.9 Å². The monoisotopic (exact) mass is 363 g/mol. The second-order valence-electron chi connectivity index (χ2n) is 4.36. The molecule has 1 N–H and O–H groups in total. The van der Waals surface area contributed by atoms with Crippen molar-refractivity contribution in [3.8, 4) is 0 Å². The first-order valence-corrected chi connectivity index (χ1v) is 7.65. The molecule has 1 atom stereocenters. The molecule has 0 radical (unpaired) electrons. The summed E-state index contributed by atoms with van der Waals surface area (Å²) in [5.74, 6) is 0. The number of benzene rings is 1. The van der Waals surface area contributed by atoms with E-state index in [1.165, 1.54) is 12.1 Å². The number of halogens is 4. The Kier molecular flexibility index (Phi) is 4.88. The van der Waals surface area contributed by atoms with Crippen molar-refractivity contribution in [2.45, 2.75) is 18.6 Å². The lowest BCUT2D eigenvalue weighted by Crippen LogP contribution is -2.20. The van der Waals surface area contributed by atoms with E-state index in [0.29, 0.717) is 16.5 Å². The van der Waals surface area contributed by atoms with Crippen LogP contribution >= 0.6 is 27.3 Å². The number of hydrogen-bond acceptors (Lipinski definition) is 2. The molecule has 2 aromatic rings. The lowest BCUT2D eigenvalue weighted by Gasteiger charge is -2.19. The standard InChI is InChI=1S/C14H13BrF3NS/c1-19-13(8-10-3-2-6-20-10)11-7-9(14(16,17)18)4-5-12(11)15/h2-7,13,19H,8H2,1H3. The number of hydrogen-bond donors (Lipinski definition) is 1. The zero-order valence-corrected chi connectivity index (χ0v) is 13.1. The molecule has 0 bridgehead atoms. The molecular weight excluding hydrogens is 351 g/mol. The number of alkyl halides is 3. The Bertz CT molecular complexity index is 566. The van der Waals surface area contributed by atoms with Crippen molar-refractivity contribution in [2.75, 3.05) is 7.05 Å². The van der Waals surface area contributed by atoms with Crippen molar-refractivity contribution in [2.24, 2.45) is 0 Å². The molecule has 1 aromatic carbocycles. The van der Waals surface area contributed by atoms with Gasteiger partial charge in [-0.2, -0.15) is 13.2 Å². The van der Waals surface area contributed by atoms with Gasteiger partial charge >= 0.3 is 6.18 Å². The van der Waals surface area contributed by atoms with E-state index in [4.69, 9.17) is 0 Å². The minimum absolute atomic E-state index is 0.162. The number of thiophene rings is 1. The quantitative estimate of drug-likeness (QED) is 0.802. The van der Waals surface area contributed by atoms with Crippen molar-refractivity contribution >= 4 is 27.3 Å². The predicted octanol–water partition coefficient (Wildman–Crippen LogP) is 5.03. The third-order valence-corrected chi connectivity index (χ3v) is 4.65.